The van der Waals surface area contributed by atoms with Crippen LogP contribution in [-0.4, -0.2) is 29.5 Å². The molecule has 0 fully saturated rings. The van der Waals surface area contributed by atoms with Gasteiger partial charge < -0.3 is 14.8 Å². The van der Waals surface area contributed by atoms with Gasteiger partial charge in [0, 0.05) is 17.2 Å². The van der Waals surface area contributed by atoms with Gasteiger partial charge >= 0.3 is 0 Å². The van der Waals surface area contributed by atoms with E-state index in [1.165, 1.54) is 18.3 Å². The molecule has 144 valence electrons. The second kappa shape index (κ2) is 7.99. The maximum atomic E-state index is 12.5. The summed E-state index contributed by atoms with van der Waals surface area (Å²) in [4.78, 5) is 30.0. The zero-order valence-electron chi connectivity index (χ0n) is 14.9. The number of fused-ring (bicyclic) bond motifs is 1. The van der Waals surface area contributed by atoms with Crippen molar-refractivity contribution in [2.24, 2.45) is 0 Å². The van der Waals surface area contributed by atoms with Gasteiger partial charge in [0.2, 0.25) is 12.0 Å². The van der Waals surface area contributed by atoms with Crippen LogP contribution >= 0.6 is 22.7 Å². The fourth-order valence-electron chi connectivity index (χ4n) is 2.60. The van der Waals surface area contributed by atoms with E-state index in [0.29, 0.717) is 23.2 Å². The third-order valence-corrected chi connectivity index (χ3v) is 5.83. The van der Waals surface area contributed by atoms with E-state index in [4.69, 9.17) is 9.47 Å². The van der Waals surface area contributed by atoms with Gasteiger partial charge in [-0.3, -0.25) is 14.9 Å². The molecule has 1 aliphatic heterocycles. The molecule has 0 bridgehead atoms. The van der Waals surface area contributed by atoms with Crippen LogP contribution in [0.2, 0.25) is 0 Å². The Morgan fingerprint density at radius 1 is 1.21 bits per heavy atom. The summed E-state index contributed by atoms with van der Waals surface area (Å²) in [6, 6.07) is 11.2. The lowest BCUT2D eigenvalue weighted by molar-refractivity contribution is -0.125. The molecule has 1 aromatic carbocycles. The summed E-state index contributed by atoms with van der Waals surface area (Å²) >= 11 is 2.90. The molecule has 2 N–H and O–H groups in total. The van der Waals surface area contributed by atoms with E-state index in [9.17, 15) is 9.59 Å². The number of thiazole rings is 1. The molecule has 0 spiro atoms. The number of benzene rings is 1. The van der Waals surface area contributed by atoms with Gasteiger partial charge in [-0.25, -0.2) is 4.98 Å². The monoisotopic (exact) mass is 415 g/mol. The zero-order valence-corrected chi connectivity index (χ0v) is 16.6. The Hall–Kier alpha value is -2.91. The summed E-state index contributed by atoms with van der Waals surface area (Å²) in [7, 11) is 0. The average molecular weight is 415 g/mol. The van der Waals surface area contributed by atoms with Gasteiger partial charge in [0.1, 0.15) is 6.61 Å². The van der Waals surface area contributed by atoms with Crippen molar-refractivity contribution >= 4 is 39.6 Å². The first-order chi connectivity index (χ1) is 13.6. The van der Waals surface area contributed by atoms with Crippen molar-refractivity contribution in [2.75, 3.05) is 11.9 Å². The molecule has 0 saturated carbocycles. The van der Waals surface area contributed by atoms with Crippen molar-refractivity contribution in [3.05, 3.63) is 46.7 Å². The number of hydrogen-bond acceptors (Lipinski definition) is 7. The molecular formula is C19H17N3O4S2. The highest BCUT2D eigenvalue weighted by Crippen LogP contribution is 2.33. The van der Waals surface area contributed by atoms with Crippen LogP contribution in [0, 0.1) is 0 Å². The van der Waals surface area contributed by atoms with E-state index < -0.39 is 6.10 Å². The van der Waals surface area contributed by atoms with Crippen molar-refractivity contribution < 1.29 is 19.1 Å². The lowest BCUT2D eigenvalue weighted by Crippen LogP contribution is -2.40. The fourth-order valence-corrected chi connectivity index (χ4v) is 4.30. The average Bonchev–Trinajstić information content (AvgIpc) is 3.35. The van der Waals surface area contributed by atoms with Crippen molar-refractivity contribution in [2.45, 2.75) is 19.6 Å². The summed E-state index contributed by atoms with van der Waals surface area (Å²) in [6.45, 7) is 2.14. The second-order valence-corrected chi connectivity index (χ2v) is 8.09. The van der Waals surface area contributed by atoms with Crippen molar-refractivity contribution in [3.8, 4) is 22.1 Å². The van der Waals surface area contributed by atoms with E-state index in [-0.39, 0.29) is 18.4 Å². The molecule has 1 atom stereocenters. The van der Waals surface area contributed by atoms with Gasteiger partial charge in [-0.15, -0.1) is 22.7 Å². The van der Waals surface area contributed by atoms with Crippen LogP contribution in [0.15, 0.2) is 41.8 Å². The summed E-state index contributed by atoms with van der Waals surface area (Å²) < 4.78 is 11.3. The Labute approximate surface area is 169 Å². The lowest BCUT2D eigenvalue weighted by Gasteiger charge is -2.25. The molecule has 2 aromatic heterocycles. The third-order valence-electron chi connectivity index (χ3n) is 3.96. The molecule has 0 radical (unpaired) electrons. The number of anilines is 1. The molecule has 7 nitrogen and oxygen atoms in total. The molecule has 1 aliphatic rings. The van der Waals surface area contributed by atoms with Gasteiger partial charge in [0.25, 0.3) is 5.91 Å². The maximum Gasteiger partial charge on any atom is 0.270 e. The van der Waals surface area contributed by atoms with Crippen LogP contribution in [0.25, 0.3) is 10.6 Å². The van der Waals surface area contributed by atoms with E-state index in [1.807, 2.05) is 29.6 Å². The number of ether oxygens (including phenoxy) is 2. The minimum atomic E-state index is -0.728. The van der Waals surface area contributed by atoms with Gasteiger partial charge in [0.05, 0.1) is 17.1 Å². The number of carbonyl (C=O) groups excluding carboxylic acids is 2. The number of carbonyl (C=O) groups is 2. The van der Waals surface area contributed by atoms with Crippen molar-refractivity contribution in [1.82, 2.24) is 10.3 Å². The predicted octanol–water partition coefficient (Wildman–Crippen LogP) is 3.29. The highest BCUT2D eigenvalue weighted by molar-refractivity contribution is 7.17. The highest BCUT2D eigenvalue weighted by atomic mass is 32.1. The van der Waals surface area contributed by atoms with E-state index in [0.717, 1.165) is 15.4 Å². The van der Waals surface area contributed by atoms with Crippen LogP contribution in [0.4, 0.5) is 5.13 Å². The number of thiophene rings is 1. The Morgan fingerprint density at radius 2 is 2.04 bits per heavy atom. The first-order valence-electron chi connectivity index (χ1n) is 8.57. The Bertz CT molecular complexity index is 1010. The molecule has 3 aromatic rings. The number of amides is 2. The Balaban J connectivity index is 1.38. The van der Waals surface area contributed by atoms with Crippen LogP contribution in [0.1, 0.15) is 11.8 Å². The van der Waals surface area contributed by atoms with Gasteiger partial charge in [-0.2, -0.15) is 0 Å². The molecule has 3 heterocycles. The molecule has 28 heavy (non-hydrogen) atoms. The first-order valence-corrected chi connectivity index (χ1v) is 10.3. The molecule has 0 saturated heterocycles. The summed E-state index contributed by atoms with van der Waals surface area (Å²) in [6.07, 6.45) is -0.728. The molecule has 0 aliphatic carbocycles. The van der Waals surface area contributed by atoms with Gasteiger partial charge in [0.15, 0.2) is 16.6 Å². The smallest absolute Gasteiger partial charge is 0.270 e. The molecule has 4 rings (SSSR count). The van der Waals surface area contributed by atoms with Crippen LogP contribution in [0.5, 0.6) is 11.5 Å². The van der Waals surface area contributed by atoms with Crippen molar-refractivity contribution in [3.63, 3.8) is 0 Å². The Morgan fingerprint density at radius 3 is 2.86 bits per heavy atom. The fraction of sp³-hybridized carbons (Fsp3) is 0.211. The van der Waals surface area contributed by atoms with Crippen LogP contribution in [0.3, 0.4) is 0 Å². The van der Waals surface area contributed by atoms with E-state index in [1.54, 1.807) is 23.5 Å². The summed E-state index contributed by atoms with van der Waals surface area (Å²) in [5.74, 6) is 0.827. The van der Waals surface area contributed by atoms with E-state index in [2.05, 4.69) is 15.6 Å². The van der Waals surface area contributed by atoms with Gasteiger partial charge in [-0.05, 0) is 24.3 Å². The summed E-state index contributed by atoms with van der Waals surface area (Å²) in [5, 5.41) is 7.95. The second-order valence-electron chi connectivity index (χ2n) is 6.07. The number of hydrogen-bond donors (Lipinski definition) is 2. The molecular weight excluding hydrogens is 398 g/mol. The summed E-state index contributed by atoms with van der Waals surface area (Å²) in [5.41, 5.74) is 0.783. The quantitative estimate of drug-likeness (QED) is 0.668. The number of aromatic nitrogens is 1. The molecule has 1 unspecified atom stereocenters. The van der Waals surface area contributed by atoms with E-state index >= 15 is 0 Å². The standard InChI is InChI=1S/C19H17N3O4S2/c1-11(23)20-8-12-6-7-17(28-12)13-10-27-19(21-13)22-18(24)16-9-25-14-4-2-3-5-15(14)26-16/h2-7,10,16H,8-9H2,1H3,(H,20,23)(H,21,22,24). The minimum absolute atomic E-state index is 0.0647. The molecule has 2 amide bonds. The number of nitrogens with one attached hydrogen (secondary N) is 2. The minimum Gasteiger partial charge on any atom is -0.485 e. The zero-order chi connectivity index (χ0) is 19.5. The number of rotatable bonds is 5. The van der Waals surface area contributed by atoms with Gasteiger partial charge in [-0.1, -0.05) is 12.1 Å². The lowest BCUT2D eigenvalue weighted by atomic mass is 10.2. The number of nitrogens with zero attached hydrogens (tertiary/aromatic N) is 1. The number of para-hydroxylation sites is 2. The Kier molecular flexibility index (Phi) is 5.27. The normalized spacial score (nSPS) is 15.1. The maximum absolute atomic E-state index is 12.5. The predicted molar refractivity (Wildman–Crippen MR) is 108 cm³/mol. The SMILES string of the molecule is CC(=O)NCc1ccc(-c2csc(NC(=O)C3COc4ccccc4O3)n2)s1. The largest absolute Gasteiger partial charge is 0.485 e. The molecule has 9 heteroatoms. The third kappa shape index (κ3) is 4.15. The van der Waals surface area contributed by atoms with Crippen LogP contribution in [-0.2, 0) is 16.1 Å². The topological polar surface area (TPSA) is 89.6 Å². The highest BCUT2D eigenvalue weighted by Gasteiger charge is 2.28. The van der Waals surface area contributed by atoms with Crippen molar-refractivity contribution in [1.29, 1.82) is 0 Å². The van der Waals surface area contributed by atoms with Crippen LogP contribution < -0.4 is 20.1 Å². The first kappa shape index (κ1) is 18.5.